The van der Waals surface area contributed by atoms with Crippen LogP contribution in [0.1, 0.15) is 46.7 Å². The first-order valence-corrected chi connectivity index (χ1v) is 7.77. The lowest BCUT2D eigenvalue weighted by molar-refractivity contribution is 0.0530. The van der Waals surface area contributed by atoms with Crippen LogP contribution in [-0.4, -0.2) is 23.9 Å². The second-order valence-corrected chi connectivity index (χ2v) is 6.04. The van der Waals surface area contributed by atoms with Gasteiger partial charge >= 0.3 is 5.97 Å². The fraction of sp³-hybridized carbons (Fsp3) is 0.583. The van der Waals surface area contributed by atoms with Gasteiger partial charge < -0.3 is 9.84 Å². The molecule has 1 unspecified atom stereocenters. The Morgan fingerprint density at radius 2 is 2.41 bits per heavy atom. The van der Waals surface area contributed by atoms with Gasteiger partial charge in [0, 0.05) is 5.56 Å². The first-order valence-electron chi connectivity index (χ1n) is 5.73. The standard InChI is InChI=1S/C12H16O3S2/c1-3-15-11(14)10-7-5-4-6-8(13)9(7)12(16-2)17-10/h8,13H,3-6H2,1-2H3. The number of esters is 1. The third-order valence-corrected chi connectivity index (χ3v) is 5.26. The Kier molecular flexibility index (Phi) is 4.12. The fourth-order valence-corrected chi connectivity index (χ4v) is 4.26. The summed E-state index contributed by atoms with van der Waals surface area (Å²) >= 11 is 3.05. The Morgan fingerprint density at radius 3 is 3.06 bits per heavy atom. The Balaban J connectivity index is 2.44. The largest absolute Gasteiger partial charge is 0.462 e. The average Bonchev–Trinajstić information content (AvgIpc) is 2.69. The highest BCUT2D eigenvalue weighted by atomic mass is 32.2. The number of carbonyl (C=O) groups excluding carboxylic acids is 1. The number of thioether (sulfide) groups is 1. The molecule has 1 aromatic rings. The van der Waals surface area contributed by atoms with Gasteiger partial charge in [0.2, 0.25) is 0 Å². The summed E-state index contributed by atoms with van der Waals surface area (Å²) in [5.74, 6) is -0.247. The molecule has 17 heavy (non-hydrogen) atoms. The zero-order chi connectivity index (χ0) is 12.4. The van der Waals surface area contributed by atoms with Crippen LogP contribution in [0, 0.1) is 0 Å². The van der Waals surface area contributed by atoms with Gasteiger partial charge in [0.05, 0.1) is 16.9 Å². The Labute approximate surface area is 109 Å². The molecule has 0 saturated carbocycles. The highest BCUT2D eigenvalue weighted by molar-refractivity contribution is 8.00. The van der Waals surface area contributed by atoms with Crippen molar-refractivity contribution < 1.29 is 14.6 Å². The third-order valence-electron chi connectivity index (χ3n) is 2.90. The van der Waals surface area contributed by atoms with E-state index < -0.39 is 6.10 Å². The maximum atomic E-state index is 11.8. The summed E-state index contributed by atoms with van der Waals surface area (Å²) in [4.78, 5) is 12.5. The summed E-state index contributed by atoms with van der Waals surface area (Å²) in [5, 5.41) is 10.0. The Hall–Kier alpha value is -0.520. The minimum absolute atomic E-state index is 0.247. The molecule has 0 aromatic carbocycles. The number of carbonyl (C=O) groups is 1. The topological polar surface area (TPSA) is 46.5 Å². The van der Waals surface area contributed by atoms with Crippen LogP contribution in [-0.2, 0) is 11.2 Å². The molecule has 1 atom stereocenters. The van der Waals surface area contributed by atoms with Gasteiger partial charge in [-0.15, -0.1) is 23.1 Å². The number of aliphatic hydroxyl groups excluding tert-OH is 1. The number of ether oxygens (including phenoxy) is 1. The number of hydrogen-bond acceptors (Lipinski definition) is 5. The van der Waals surface area contributed by atoms with Gasteiger partial charge in [-0.2, -0.15) is 0 Å². The highest BCUT2D eigenvalue weighted by Gasteiger charge is 2.29. The molecule has 3 nitrogen and oxygen atoms in total. The third kappa shape index (κ3) is 2.37. The van der Waals surface area contributed by atoms with E-state index in [9.17, 15) is 9.90 Å². The molecular formula is C12H16O3S2. The molecule has 2 rings (SSSR count). The monoisotopic (exact) mass is 272 g/mol. The lowest BCUT2D eigenvalue weighted by atomic mass is 9.91. The van der Waals surface area contributed by atoms with Crippen molar-refractivity contribution in [1.29, 1.82) is 0 Å². The van der Waals surface area contributed by atoms with Gasteiger partial charge in [-0.25, -0.2) is 4.79 Å². The van der Waals surface area contributed by atoms with Crippen molar-refractivity contribution in [2.45, 2.75) is 36.5 Å². The van der Waals surface area contributed by atoms with E-state index in [1.807, 2.05) is 13.2 Å². The Morgan fingerprint density at radius 1 is 1.65 bits per heavy atom. The molecule has 0 bridgehead atoms. The maximum absolute atomic E-state index is 11.8. The summed E-state index contributed by atoms with van der Waals surface area (Å²) in [6.07, 6.45) is 4.16. The lowest BCUT2D eigenvalue weighted by Gasteiger charge is -2.19. The van der Waals surface area contributed by atoms with E-state index in [1.165, 1.54) is 11.3 Å². The molecule has 0 saturated heterocycles. The second-order valence-electron chi connectivity index (χ2n) is 3.94. The van der Waals surface area contributed by atoms with Gasteiger partial charge in [0.25, 0.3) is 0 Å². The van der Waals surface area contributed by atoms with Crippen molar-refractivity contribution >= 4 is 29.1 Å². The van der Waals surface area contributed by atoms with Crippen LogP contribution < -0.4 is 0 Å². The second kappa shape index (κ2) is 5.42. The summed E-state index contributed by atoms with van der Waals surface area (Å²) in [6.45, 7) is 2.20. The minimum Gasteiger partial charge on any atom is -0.462 e. The minimum atomic E-state index is -0.416. The van der Waals surface area contributed by atoms with Crippen LogP contribution in [0.25, 0.3) is 0 Å². The van der Waals surface area contributed by atoms with Crippen molar-refractivity contribution in [1.82, 2.24) is 0 Å². The van der Waals surface area contributed by atoms with E-state index in [4.69, 9.17) is 4.74 Å². The van der Waals surface area contributed by atoms with E-state index in [1.54, 1.807) is 11.8 Å². The molecular weight excluding hydrogens is 256 g/mol. The predicted molar refractivity (Wildman–Crippen MR) is 70.0 cm³/mol. The summed E-state index contributed by atoms with van der Waals surface area (Å²) in [5.41, 5.74) is 1.98. The van der Waals surface area contributed by atoms with Crippen LogP contribution in [0.4, 0.5) is 0 Å². The van der Waals surface area contributed by atoms with Crippen LogP contribution in [0.2, 0.25) is 0 Å². The lowest BCUT2D eigenvalue weighted by Crippen LogP contribution is -2.12. The van der Waals surface area contributed by atoms with Gasteiger partial charge in [-0.3, -0.25) is 0 Å². The SMILES string of the molecule is CCOC(=O)c1sc(SC)c2c1CCCC2O. The molecule has 0 aliphatic heterocycles. The van der Waals surface area contributed by atoms with E-state index in [2.05, 4.69) is 0 Å². The van der Waals surface area contributed by atoms with Crippen molar-refractivity contribution in [3.8, 4) is 0 Å². The number of aliphatic hydroxyl groups is 1. The molecule has 0 spiro atoms. The van der Waals surface area contributed by atoms with Crippen molar-refractivity contribution in [2.75, 3.05) is 12.9 Å². The number of rotatable bonds is 3. The van der Waals surface area contributed by atoms with Crippen molar-refractivity contribution in [2.24, 2.45) is 0 Å². The smallest absolute Gasteiger partial charge is 0.348 e. The fourth-order valence-electron chi connectivity index (χ4n) is 2.17. The van der Waals surface area contributed by atoms with Gasteiger partial charge in [-0.1, -0.05) is 0 Å². The van der Waals surface area contributed by atoms with Crippen molar-refractivity contribution in [3.05, 3.63) is 16.0 Å². The number of hydrogen-bond donors (Lipinski definition) is 1. The zero-order valence-corrected chi connectivity index (χ0v) is 11.6. The number of thiophene rings is 1. The molecule has 1 aliphatic carbocycles. The maximum Gasteiger partial charge on any atom is 0.348 e. The molecule has 1 aromatic heterocycles. The zero-order valence-electron chi connectivity index (χ0n) is 9.99. The molecule has 0 amide bonds. The number of fused-ring (bicyclic) bond motifs is 1. The quantitative estimate of drug-likeness (QED) is 0.678. The first-order chi connectivity index (χ1) is 8.19. The molecule has 1 heterocycles. The van der Waals surface area contributed by atoms with Gasteiger partial charge in [0.15, 0.2) is 0 Å². The van der Waals surface area contributed by atoms with Gasteiger partial charge in [0.1, 0.15) is 4.88 Å². The van der Waals surface area contributed by atoms with E-state index in [0.29, 0.717) is 11.5 Å². The molecule has 1 N–H and O–H groups in total. The molecule has 94 valence electrons. The van der Waals surface area contributed by atoms with E-state index >= 15 is 0 Å². The predicted octanol–water partition coefficient (Wildman–Crippen LogP) is 3.02. The summed E-state index contributed by atoms with van der Waals surface area (Å²) in [6, 6.07) is 0. The van der Waals surface area contributed by atoms with Crippen molar-refractivity contribution in [3.63, 3.8) is 0 Å². The van der Waals surface area contributed by atoms with E-state index in [-0.39, 0.29) is 5.97 Å². The normalized spacial score (nSPS) is 18.9. The first kappa shape index (κ1) is 12.9. The van der Waals surface area contributed by atoms with Crippen LogP contribution in [0.15, 0.2) is 4.21 Å². The average molecular weight is 272 g/mol. The Bertz CT molecular complexity index is 426. The molecule has 0 radical (unpaired) electrons. The summed E-state index contributed by atoms with van der Waals surface area (Å²) < 4.78 is 6.12. The summed E-state index contributed by atoms with van der Waals surface area (Å²) in [7, 11) is 0. The van der Waals surface area contributed by atoms with E-state index in [0.717, 1.165) is 34.6 Å². The highest BCUT2D eigenvalue weighted by Crippen LogP contribution is 2.43. The van der Waals surface area contributed by atoms with Crippen LogP contribution in [0.5, 0.6) is 0 Å². The molecule has 1 aliphatic rings. The van der Waals surface area contributed by atoms with Crippen LogP contribution >= 0.6 is 23.1 Å². The molecule has 5 heteroatoms. The van der Waals surface area contributed by atoms with Gasteiger partial charge in [-0.05, 0) is 38.0 Å². The van der Waals surface area contributed by atoms with Crippen LogP contribution in [0.3, 0.4) is 0 Å². The molecule has 0 fully saturated rings.